The number of aromatic nitrogens is 1. The standard InChI is InChI=1S/C24H21N3O6S/c1-4-33-23(29)20-14(2)26-22(28)19(13-15-5-9-17(10-6-15)27(30)31)34-24(26)25-21(20)16-7-11-18(32-3)12-8-16/h5-13,21H,4H2,1-3H3/b19-13-/t21-/m1/s1. The van der Waals surface area contributed by atoms with E-state index in [-0.39, 0.29) is 17.9 Å². The fraction of sp³-hybridized carbons (Fsp3) is 0.208. The van der Waals surface area contributed by atoms with E-state index in [1.807, 2.05) is 12.1 Å². The number of hydrogen-bond acceptors (Lipinski definition) is 8. The van der Waals surface area contributed by atoms with E-state index in [1.165, 1.54) is 28.0 Å². The molecule has 10 heteroatoms. The molecule has 0 fully saturated rings. The Bertz CT molecular complexity index is 1470. The number of nitro benzene ring substituents is 1. The Morgan fingerprint density at radius 3 is 2.47 bits per heavy atom. The van der Waals surface area contributed by atoms with Gasteiger partial charge >= 0.3 is 5.97 Å². The molecule has 2 heterocycles. The maximum atomic E-state index is 13.2. The third-order valence-corrected chi connectivity index (χ3v) is 6.36. The molecule has 0 spiro atoms. The molecular weight excluding hydrogens is 458 g/mol. The zero-order chi connectivity index (χ0) is 24.4. The zero-order valence-electron chi connectivity index (χ0n) is 18.7. The van der Waals surface area contributed by atoms with Gasteiger partial charge in [-0.05, 0) is 55.3 Å². The van der Waals surface area contributed by atoms with Gasteiger partial charge in [-0.3, -0.25) is 19.5 Å². The summed E-state index contributed by atoms with van der Waals surface area (Å²) in [5, 5.41) is 10.9. The second-order valence-electron chi connectivity index (χ2n) is 7.41. The van der Waals surface area contributed by atoms with E-state index in [4.69, 9.17) is 14.5 Å². The van der Waals surface area contributed by atoms with Crippen LogP contribution in [0.15, 0.2) is 63.9 Å². The Labute approximate surface area is 198 Å². The molecule has 0 saturated carbocycles. The topological polar surface area (TPSA) is 113 Å². The van der Waals surface area contributed by atoms with Crippen LogP contribution >= 0.6 is 11.3 Å². The Balaban J connectivity index is 1.88. The molecule has 4 rings (SSSR count). The van der Waals surface area contributed by atoms with Gasteiger partial charge in [-0.2, -0.15) is 0 Å². The van der Waals surface area contributed by atoms with Gasteiger partial charge in [-0.15, -0.1) is 0 Å². The largest absolute Gasteiger partial charge is 0.497 e. The van der Waals surface area contributed by atoms with Crippen LogP contribution in [0.4, 0.5) is 5.69 Å². The summed E-state index contributed by atoms with van der Waals surface area (Å²) < 4.78 is 12.3. The second-order valence-corrected chi connectivity index (χ2v) is 8.42. The van der Waals surface area contributed by atoms with Crippen molar-refractivity contribution < 1.29 is 19.2 Å². The molecule has 1 aliphatic heterocycles. The van der Waals surface area contributed by atoms with E-state index in [9.17, 15) is 19.7 Å². The quantitative estimate of drug-likeness (QED) is 0.305. The molecular formula is C24H21N3O6S. The number of esters is 1. The van der Waals surface area contributed by atoms with Gasteiger partial charge in [0.1, 0.15) is 11.8 Å². The maximum Gasteiger partial charge on any atom is 0.338 e. The van der Waals surface area contributed by atoms with Gasteiger partial charge in [0.25, 0.3) is 11.2 Å². The van der Waals surface area contributed by atoms with Crippen molar-refractivity contribution >= 4 is 34.8 Å². The van der Waals surface area contributed by atoms with Crippen molar-refractivity contribution in [1.82, 2.24) is 4.57 Å². The van der Waals surface area contributed by atoms with Gasteiger partial charge < -0.3 is 9.47 Å². The van der Waals surface area contributed by atoms with Crippen molar-refractivity contribution in [1.29, 1.82) is 0 Å². The van der Waals surface area contributed by atoms with Crippen molar-refractivity contribution in [3.63, 3.8) is 0 Å². The Kier molecular flexibility index (Phi) is 6.42. The summed E-state index contributed by atoms with van der Waals surface area (Å²) >= 11 is 1.19. The minimum Gasteiger partial charge on any atom is -0.497 e. The molecule has 9 nitrogen and oxygen atoms in total. The fourth-order valence-corrected chi connectivity index (χ4v) is 4.73. The van der Waals surface area contributed by atoms with E-state index >= 15 is 0 Å². The fourth-order valence-electron chi connectivity index (χ4n) is 3.69. The third-order valence-electron chi connectivity index (χ3n) is 5.37. The molecule has 0 bridgehead atoms. The van der Waals surface area contributed by atoms with E-state index in [0.717, 1.165) is 5.56 Å². The average molecular weight is 480 g/mol. The van der Waals surface area contributed by atoms with Crippen molar-refractivity contribution in [2.24, 2.45) is 4.99 Å². The van der Waals surface area contributed by atoms with Crippen LogP contribution in [0.1, 0.15) is 31.0 Å². The minimum absolute atomic E-state index is 0.0328. The number of hydrogen-bond donors (Lipinski definition) is 0. The van der Waals surface area contributed by atoms with Crippen LogP contribution in [0, 0.1) is 10.1 Å². The van der Waals surface area contributed by atoms with Gasteiger partial charge in [-0.25, -0.2) is 9.79 Å². The van der Waals surface area contributed by atoms with Crippen molar-refractivity contribution in [2.75, 3.05) is 13.7 Å². The molecule has 34 heavy (non-hydrogen) atoms. The van der Waals surface area contributed by atoms with Gasteiger partial charge in [0, 0.05) is 17.8 Å². The SMILES string of the molecule is CCOC(=O)C1=C(C)n2c(s/c(=C\c3ccc([N+](=O)[O-])cc3)c2=O)=N[C@@H]1c1ccc(OC)cc1. The summed E-state index contributed by atoms with van der Waals surface area (Å²) in [4.78, 5) is 41.7. The zero-order valence-corrected chi connectivity index (χ0v) is 19.5. The number of thiazole rings is 1. The minimum atomic E-state index is -0.643. The summed E-state index contributed by atoms with van der Waals surface area (Å²) in [5.74, 6) is 0.139. The number of methoxy groups -OCH3 is 1. The number of carbonyl (C=O) groups is 1. The van der Waals surface area contributed by atoms with Crippen LogP contribution in [0.3, 0.4) is 0 Å². The first-order chi connectivity index (χ1) is 16.3. The molecule has 0 aliphatic carbocycles. The number of nitro groups is 1. The van der Waals surface area contributed by atoms with Gasteiger partial charge in [0.05, 0.1) is 28.7 Å². The summed E-state index contributed by atoms with van der Waals surface area (Å²) in [6.07, 6.45) is 1.65. The molecule has 174 valence electrons. The molecule has 3 aromatic rings. The lowest BCUT2D eigenvalue weighted by Crippen LogP contribution is -2.35. The summed E-state index contributed by atoms with van der Waals surface area (Å²) in [7, 11) is 1.57. The normalized spacial score (nSPS) is 15.5. The number of benzene rings is 2. The Morgan fingerprint density at radius 2 is 1.88 bits per heavy atom. The van der Waals surface area contributed by atoms with E-state index in [0.29, 0.717) is 31.9 Å². The lowest BCUT2D eigenvalue weighted by atomic mass is 9.96. The lowest BCUT2D eigenvalue weighted by Gasteiger charge is -2.22. The molecule has 2 aromatic carbocycles. The van der Waals surface area contributed by atoms with Gasteiger partial charge in [0.2, 0.25) is 0 Å². The first-order valence-corrected chi connectivity index (χ1v) is 11.2. The molecule has 1 aliphatic rings. The summed E-state index contributed by atoms with van der Waals surface area (Å²) in [6.45, 7) is 3.61. The number of nitrogens with zero attached hydrogens (tertiary/aromatic N) is 3. The highest BCUT2D eigenvalue weighted by Gasteiger charge is 2.31. The van der Waals surface area contributed by atoms with Crippen LogP contribution in [0.25, 0.3) is 11.8 Å². The molecule has 0 amide bonds. The number of allylic oxidation sites excluding steroid dienone is 1. The van der Waals surface area contributed by atoms with Crippen LogP contribution in [-0.2, 0) is 9.53 Å². The molecule has 1 aromatic heterocycles. The number of fused-ring (bicyclic) bond motifs is 1. The molecule has 0 unspecified atom stereocenters. The van der Waals surface area contributed by atoms with E-state index in [2.05, 4.69) is 0 Å². The first-order valence-electron chi connectivity index (χ1n) is 10.4. The number of carbonyl (C=O) groups excluding carboxylic acids is 1. The van der Waals surface area contributed by atoms with Crippen molar-refractivity contribution in [2.45, 2.75) is 19.9 Å². The van der Waals surface area contributed by atoms with Crippen LogP contribution in [0.5, 0.6) is 5.75 Å². The van der Waals surface area contributed by atoms with E-state index < -0.39 is 16.9 Å². The molecule has 1 atom stereocenters. The molecule has 0 N–H and O–H groups in total. The van der Waals surface area contributed by atoms with Gasteiger partial charge in [0.15, 0.2) is 4.80 Å². The highest BCUT2D eigenvalue weighted by Crippen LogP contribution is 2.33. The van der Waals surface area contributed by atoms with Crippen molar-refractivity contribution in [3.8, 4) is 5.75 Å². The Morgan fingerprint density at radius 1 is 1.21 bits per heavy atom. The number of non-ortho nitro benzene ring substituents is 1. The third kappa shape index (κ3) is 4.27. The van der Waals surface area contributed by atoms with E-state index in [1.54, 1.807) is 51.3 Å². The van der Waals surface area contributed by atoms with Crippen LogP contribution in [-0.4, -0.2) is 29.2 Å². The summed E-state index contributed by atoms with van der Waals surface area (Å²) in [5.41, 5.74) is 1.79. The van der Waals surface area contributed by atoms with Crippen molar-refractivity contribution in [3.05, 3.63) is 95.0 Å². The highest BCUT2D eigenvalue weighted by atomic mass is 32.1. The Hall–Kier alpha value is -4.05. The number of rotatable bonds is 6. The molecule has 0 radical (unpaired) electrons. The lowest BCUT2D eigenvalue weighted by molar-refractivity contribution is -0.384. The number of ether oxygens (including phenoxy) is 2. The van der Waals surface area contributed by atoms with Crippen LogP contribution < -0.4 is 19.6 Å². The summed E-state index contributed by atoms with van der Waals surface area (Å²) in [6, 6.07) is 12.5. The second kappa shape index (κ2) is 9.44. The average Bonchev–Trinajstić information content (AvgIpc) is 3.14. The smallest absolute Gasteiger partial charge is 0.338 e. The first kappa shape index (κ1) is 23.1. The molecule has 0 saturated heterocycles. The predicted molar refractivity (Wildman–Crippen MR) is 127 cm³/mol. The maximum absolute atomic E-state index is 13.2. The van der Waals surface area contributed by atoms with Gasteiger partial charge in [-0.1, -0.05) is 23.5 Å². The predicted octanol–water partition coefficient (Wildman–Crippen LogP) is 2.82. The van der Waals surface area contributed by atoms with Crippen LogP contribution in [0.2, 0.25) is 0 Å². The highest BCUT2D eigenvalue weighted by molar-refractivity contribution is 7.07. The monoisotopic (exact) mass is 479 g/mol.